The van der Waals surface area contributed by atoms with E-state index in [1.165, 1.54) is 11.6 Å². The summed E-state index contributed by atoms with van der Waals surface area (Å²) in [6.45, 7) is 3.72. The van der Waals surface area contributed by atoms with Gasteiger partial charge in [-0.1, -0.05) is 23.8 Å². The van der Waals surface area contributed by atoms with Gasteiger partial charge < -0.3 is 15.3 Å². The molecule has 0 radical (unpaired) electrons. The van der Waals surface area contributed by atoms with E-state index < -0.39 is 5.97 Å². The SMILES string of the molecule is CC1=CCCN(C(=O)NCc2cccc(C(=O)O)c2)C1. The number of amides is 2. The van der Waals surface area contributed by atoms with E-state index >= 15 is 0 Å². The minimum atomic E-state index is -0.963. The Morgan fingerprint density at radius 1 is 1.40 bits per heavy atom. The molecule has 2 amide bonds. The van der Waals surface area contributed by atoms with E-state index in [1.807, 2.05) is 6.92 Å². The van der Waals surface area contributed by atoms with Gasteiger partial charge in [-0.3, -0.25) is 0 Å². The second kappa shape index (κ2) is 6.23. The summed E-state index contributed by atoms with van der Waals surface area (Å²) in [6, 6.07) is 6.47. The standard InChI is InChI=1S/C15H18N2O3/c1-11-4-3-7-17(10-11)15(20)16-9-12-5-2-6-13(8-12)14(18)19/h2,4-6,8H,3,7,9-10H2,1H3,(H,16,20)(H,18,19). The lowest BCUT2D eigenvalue weighted by atomic mass is 10.1. The third-order valence-corrected chi connectivity index (χ3v) is 3.24. The molecule has 0 unspecified atom stereocenters. The number of carboxylic acids is 1. The monoisotopic (exact) mass is 274 g/mol. The zero-order chi connectivity index (χ0) is 14.5. The van der Waals surface area contributed by atoms with Gasteiger partial charge in [0.1, 0.15) is 0 Å². The van der Waals surface area contributed by atoms with Crippen molar-refractivity contribution in [1.29, 1.82) is 0 Å². The summed E-state index contributed by atoms with van der Waals surface area (Å²) >= 11 is 0. The van der Waals surface area contributed by atoms with Gasteiger partial charge in [0.2, 0.25) is 0 Å². The Bertz CT molecular complexity index is 552. The molecule has 20 heavy (non-hydrogen) atoms. The Morgan fingerprint density at radius 3 is 2.90 bits per heavy atom. The third-order valence-electron chi connectivity index (χ3n) is 3.24. The average molecular weight is 274 g/mol. The van der Waals surface area contributed by atoms with Gasteiger partial charge >= 0.3 is 12.0 Å². The smallest absolute Gasteiger partial charge is 0.335 e. The van der Waals surface area contributed by atoms with Gasteiger partial charge in [0.05, 0.1) is 5.56 Å². The lowest BCUT2D eigenvalue weighted by Gasteiger charge is -2.26. The zero-order valence-electron chi connectivity index (χ0n) is 11.4. The second-order valence-electron chi connectivity index (χ2n) is 4.92. The number of rotatable bonds is 3. The van der Waals surface area contributed by atoms with Crippen LogP contribution in [-0.4, -0.2) is 35.1 Å². The first kappa shape index (κ1) is 14.1. The van der Waals surface area contributed by atoms with E-state index in [2.05, 4.69) is 11.4 Å². The van der Waals surface area contributed by atoms with E-state index in [0.29, 0.717) is 13.1 Å². The molecule has 2 rings (SSSR count). The number of aromatic carboxylic acids is 1. The molecule has 2 N–H and O–H groups in total. The first-order valence-electron chi connectivity index (χ1n) is 6.57. The van der Waals surface area contributed by atoms with Crippen molar-refractivity contribution in [2.24, 2.45) is 0 Å². The molecule has 5 nitrogen and oxygen atoms in total. The molecular weight excluding hydrogens is 256 g/mol. The van der Waals surface area contributed by atoms with Crippen LogP contribution in [0, 0.1) is 0 Å². The average Bonchev–Trinajstić information content (AvgIpc) is 2.45. The van der Waals surface area contributed by atoms with Gasteiger partial charge in [0.25, 0.3) is 0 Å². The Morgan fingerprint density at radius 2 is 2.20 bits per heavy atom. The predicted molar refractivity (Wildman–Crippen MR) is 75.6 cm³/mol. The Hall–Kier alpha value is -2.30. The lowest BCUT2D eigenvalue weighted by molar-refractivity contribution is 0.0696. The summed E-state index contributed by atoms with van der Waals surface area (Å²) in [5.41, 5.74) is 2.20. The summed E-state index contributed by atoms with van der Waals surface area (Å²) < 4.78 is 0. The summed E-state index contributed by atoms with van der Waals surface area (Å²) in [4.78, 5) is 24.6. The van der Waals surface area contributed by atoms with E-state index in [9.17, 15) is 9.59 Å². The normalized spacial score (nSPS) is 14.7. The van der Waals surface area contributed by atoms with Gasteiger partial charge in [-0.25, -0.2) is 9.59 Å². The summed E-state index contributed by atoms with van der Waals surface area (Å²) in [6.07, 6.45) is 3.02. The molecule has 0 fully saturated rings. The molecule has 1 aliphatic heterocycles. The van der Waals surface area contributed by atoms with Gasteiger partial charge in [0.15, 0.2) is 0 Å². The number of urea groups is 1. The van der Waals surface area contributed by atoms with Crippen molar-refractivity contribution in [3.63, 3.8) is 0 Å². The molecule has 106 valence electrons. The molecule has 1 aromatic rings. The van der Waals surface area contributed by atoms with Crippen LogP contribution in [0.3, 0.4) is 0 Å². The van der Waals surface area contributed by atoms with Crippen molar-refractivity contribution in [3.8, 4) is 0 Å². The third kappa shape index (κ3) is 3.60. The number of nitrogens with zero attached hydrogens (tertiary/aromatic N) is 1. The molecule has 0 atom stereocenters. The first-order chi connectivity index (χ1) is 9.56. The maximum Gasteiger partial charge on any atom is 0.335 e. The first-order valence-corrected chi connectivity index (χ1v) is 6.57. The van der Waals surface area contributed by atoms with E-state index in [0.717, 1.165) is 18.5 Å². The fourth-order valence-electron chi connectivity index (χ4n) is 2.19. The van der Waals surface area contributed by atoms with E-state index in [4.69, 9.17) is 5.11 Å². The van der Waals surface area contributed by atoms with Gasteiger partial charge in [-0.15, -0.1) is 0 Å². The Balaban J connectivity index is 1.92. The van der Waals surface area contributed by atoms with Crippen molar-refractivity contribution < 1.29 is 14.7 Å². The van der Waals surface area contributed by atoms with Crippen LogP contribution < -0.4 is 5.32 Å². The fourth-order valence-corrected chi connectivity index (χ4v) is 2.19. The number of nitrogens with one attached hydrogen (secondary N) is 1. The fraction of sp³-hybridized carbons (Fsp3) is 0.333. The van der Waals surface area contributed by atoms with E-state index in [-0.39, 0.29) is 11.6 Å². The van der Waals surface area contributed by atoms with Crippen molar-refractivity contribution in [1.82, 2.24) is 10.2 Å². The highest BCUT2D eigenvalue weighted by atomic mass is 16.4. The molecular formula is C15H18N2O3. The minimum absolute atomic E-state index is 0.113. The molecule has 0 aromatic heterocycles. The number of hydrogen-bond acceptors (Lipinski definition) is 2. The molecule has 0 aliphatic carbocycles. The van der Waals surface area contributed by atoms with Crippen LogP contribution in [0.25, 0.3) is 0 Å². The van der Waals surface area contributed by atoms with Crippen LogP contribution in [-0.2, 0) is 6.54 Å². The number of carbonyl (C=O) groups excluding carboxylic acids is 1. The van der Waals surface area contributed by atoms with Gasteiger partial charge in [-0.2, -0.15) is 0 Å². The number of hydrogen-bond donors (Lipinski definition) is 2. The largest absolute Gasteiger partial charge is 0.478 e. The Labute approximate surface area is 117 Å². The zero-order valence-corrected chi connectivity index (χ0v) is 11.4. The molecule has 0 bridgehead atoms. The number of benzene rings is 1. The van der Waals surface area contributed by atoms with Crippen molar-refractivity contribution in [3.05, 3.63) is 47.0 Å². The van der Waals surface area contributed by atoms with Gasteiger partial charge in [0, 0.05) is 19.6 Å². The Kier molecular flexibility index (Phi) is 4.40. The highest BCUT2D eigenvalue weighted by Crippen LogP contribution is 2.09. The molecule has 1 aromatic carbocycles. The molecule has 1 aliphatic rings. The molecule has 0 saturated heterocycles. The molecule has 0 saturated carbocycles. The maximum absolute atomic E-state index is 12.0. The van der Waals surface area contributed by atoms with Crippen molar-refractivity contribution >= 4 is 12.0 Å². The van der Waals surface area contributed by atoms with Gasteiger partial charge in [-0.05, 0) is 31.0 Å². The van der Waals surface area contributed by atoms with Crippen LogP contribution in [0.4, 0.5) is 4.79 Å². The topological polar surface area (TPSA) is 69.6 Å². The van der Waals surface area contributed by atoms with Crippen molar-refractivity contribution in [2.45, 2.75) is 19.9 Å². The predicted octanol–water partition coefficient (Wildman–Crippen LogP) is 2.25. The number of carbonyl (C=O) groups is 2. The molecule has 5 heteroatoms. The van der Waals surface area contributed by atoms with Crippen molar-refractivity contribution in [2.75, 3.05) is 13.1 Å². The van der Waals surface area contributed by atoms with E-state index in [1.54, 1.807) is 23.1 Å². The second-order valence-corrected chi connectivity index (χ2v) is 4.92. The maximum atomic E-state index is 12.0. The minimum Gasteiger partial charge on any atom is -0.478 e. The summed E-state index contributed by atoms with van der Waals surface area (Å²) in [5, 5.41) is 11.7. The van der Waals surface area contributed by atoms with Crippen LogP contribution in [0.15, 0.2) is 35.9 Å². The molecule has 1 heterocycles. The summed E-state index contributed by atoms with van der Waals surface area (Å²) in [5.74, 6) is -0.963. The molecule has 0 spiro atoms. The highest BCUT2D eigenvalue weighted by Gasteiger charge is 2.15. The number of carboxylic acid groups (broad SMARTS) is 1. The van der Waals surface area contributed by atoms with Crippen LogP contribution in [0.1, 0.15) is 29.3 Å². The van der Waals surface area contributed by atoms with Crippen LogP contribution in [0.2, 0.25) is 0 Å². The van der Waals surface area contributed by atoms with Crippen LogP contribution in [0.5, 0.6) is 0 Å². The summed E-state index contributed by atoms with van der Waals surface area (Å²) in [7, 11) is 0. The lowest BCUT2D eigenvalue weighted by Crippen LogP contribution is -2.42. The highest BCUT2D eigenvalue weighted by molar-refractivity contribution is 5.87. The quantitative estimate of drug-likeness (QED) is 0.830. The van der Waals surface area contributed by atoms with Crippen LogP contribution >= 0.6 is 0 Å².